The van der Waals surface area contributed by atoms with Crippen LogP contribution in [0.3, 0.4) is 0 Å². The van der Waals surface area contributed by atoms with Crippen LogP contribution in [0.1, 0.15) is 5.82 Å². The number of H-pyrrole nitrogens is 2. The minimum Gasteiger partial charge on any atom is -0.486 e. The van der Waals surface area contributed by atoms with Crippen molar-refractivity contribution in [3.8, 4) is 17.1 Å². The Hall–Kier alpha value is -4.20. The molecule has 5 rings (SSSR count). The highest BCUT2D eigenvalue weighted by Crippen LogP contribution is 2.25. The number of non-ortho nitro benzene ring substituents is 1. The third-order valence-corrected chi connectivity index (χ3v) is 4.62. The molecule has 0 fully saturated rings. The number of para-hydroxylation sites is 2. The average molecular weight is 385 g/mol. The molecule has 0 radical (unpaired) electrons. The highest BCUT2D eigenvalue weighted by Gasteiger charge is 2.11. The van der Waals surface area contributed by atoms with Crippen molar-refractivity contribution in [2.75, 3.05) is 0 Å². The van der Waals surface area contributed by atoms with E-state index in [9.17, 15) is 10.1 Å². The molecule has 0 saturated carbocycles. The minimum absolute atomic E-state index is 0.0297. The molecule has 2 N–H and O–H groups in total. The van der Waals surface area contributed by atoms with Crippen LogP contribution in [0.4, 0.5) is 5.69 Å². The van der Waals surface area contributed by atoms with Crippen LogP contribution in [0.5, 0.6) is 5.75 Å². The van der Waals surface area contributed by atoms with Gasteiger partial charge in [0.05, 0.1) is 27.0 Å². The lowest BCUT2D eigenvalue weighted by molar-refractivity contribution is -0.384. The summed E-state index contributed by atoms with van der Waals surface area (Å²) < 4.78 is 5.81. The van der Waals surface area contributed by atoms with E-state index in [4.69, 9.17) is 4.74 Å². The molecule has 8 heteroatoms. The molecule has 3 aromatic carbocycles. The molecule has 0 unspecified atom stereocenters. The van der Waals surface area contributed by atoms with Gasteiger partial charge in [-0.3, -0.25) is 10.1 Å². The lowest BCUT2D eigenvalue weighted by atomic mass is 10.2. The number of ether oxygens (including phenoxy) is 1. The summed E-state index contributed by atoms with van der Waals surface area (Å²) in [6, 6.07) is 19.9. The van der Waals surface area contributed by atoms with Gasteiger partial charge in [0.15, 0.2) is 0 Å². The number of nitro benzene ring substituents is 1. The quantitative estimate of drug-likeness (QED) is 0.339. The first-order chi connectivity index (χ1) is 14.2. The van der Waals surface area contributed by atoms with Crippen LogP contribution in [0.15, 0.2) is 66.7 Å². The first kappa shape index (κ1) is 16.9. The molecular weight excluding hydrogens is 370 g/mol. The Morgan fingerprint density at radius 1 is 0.897 bits per heavy atom. The number of hydrogen-bond donors (Lipinski definition) is 2. The second-order valence-electron chi connectivity index (χ2n) is 6.56. The number of aromatic amines is 2. The van der Waals surface area contributed by atoms with E-state index in [-0.39, 0.29) is 5.69 Å². The van der Waals surface area contributed by atoms with Gasteiger partial charge in [0.1, 0.15) is 24.0 Å². The summed E-state index contributed by atoms with van der Waals surface area (Å²) in [5.74, 6) is 2.11. The van der Waals surface area contributed by atoms with Crippen molar-refractivity contribution in [2.24, 2.45) is 0 Å². The summed E-state index contributed by atoms with van der Waals surface area (Å²) in [5.41, 5.74) is 4.08. The lowest BCUT2D eigenvalue weighted by Crippen LogP contribution is -1.97. The van der Waals surface area contributed by atoms with E-state index in [1.165, 1.54) is 12.1 Å². The number of rotatable bonds is 5. The third kappa shape index (κ3) is 3.27. The number of hydrogen-bond acceptors (Lipinski definition) is 5. The average Bonchev–Trinajstić information content (AvgIpc) is 3.35. The molecule has 2 aromatic heterocycles. The minimum atomic E-state index is -0.423. The number of nitro groups is 1. The van der Waals surface area contributed by atoms with Gasteiger partial charge in [-0.2, -0.15) is 0 Å². The van der Waals surface area contributed by atoms with Gasteiger partial charge in [0.25, 0.3) is 5.69 Å². The first-order valence-corrected chi connectivity index (χ1v) is 8.97. The predicted molar refractivity (Wildman–Crippen MR) is 109 cm³/mol. The molecular formula is C21H15N5O3. The van der Waals surface area contributed by atoms with Crippen LogP contribution in [0.25, 0.3) is 33.5 Å². The molecule has 0 spiro atoms. The molecule has 8 nitrogen and oxygen atoms in total. The number of fused-ring (bicyclic) bond motifs is 2. The Bertz CT molecular complexity index is 1300. The monoisotopic (exact) mass is 385 g/mol. The van der Waals surface area contributed by atoms with Gasteiger partial charge >= 0.3 is 0 Å². The van der Waals surface area contributed by atoms with Gasteiger partial charge in [-0.1, -0.05) is 12.1 Å². The summed E-state index contributed by atoms with van der Waals surface area (Å²) in [4.78, 5) is 25.9. The topological polar surface area (TPSA) is 110 Å². The third-order valence-electron chi connectivity index (χ3n) is 4.62. The van der Waals surface area contributed by atoms with Crippen molar-refractivity contribution in [3.05, 3.63) is 82.7 Å². The maximum Gasteiger partial charge on any atom is 0.271 e. The second-order valence-corrected chi connectivity index (χ2v) is 6.56. The van der Waals surface area contributed by atoms with Gasteiger partial charge in [-0.05, 0) is 42.5 Å². The number of aromatic nitrogens is 4. The van der Waals surface area contributed by atoms with Gasteiger partial charge in [-0.15, -0.1) is 0 Å². The van der Waals surface area contributed by atoms with Crippen molar-refractivity contribution >= 4 is 27.8 Å². The van der Waals surface area contributed by atoms with Crippen molar-refractivity contribution in [2.45, 2.75) is 6.61 Å². The zero-order valence-corrected chi connectivity index (χ0v) is 15.1. The molecule has 142 valence electrons. The van der Waals surface area contributed by atoms with Crippen molar-refractivity contribution in [1.29, 1.82) is 0 Å². The fourth-order valence-corrected chi connectivity index (χ4v) is 3.18. The van der Waals surface area contributed by atoms with Crippen LogP contribution < -0.4 is 4.74 Å². The molecule has 0 amide bonds. The fourth-order valence-electron chi connectivity index (χ4n) is 3.18. The Labute approximate surface area is 164 Å². The molecule has 0 atom stereocenters. The molecule has 0 saturated heterocycles. The second kappa shape index (κ2) is 6.75. The van der Waals surface area contributed by atoms with Crippen LogP contribution >= 0.6 is 0 Å². The standard InChI is InChI=1S/C21H15N5O3/c27-26(28)14-7-10-18-19(11-14)25-21(24-18)13-5-8-15(9-6-13)29-12-20-22-16-3-1-2-4-17(16)23-20/h1-11H,12H2,(H,22,23)(H,24,25). The Kier molecular flexibility index (Phi) is 3.94. The van der Waals surface area contributed by atoms with Crippen LogP contribution in [-0.2, 0) is 6.61 Å². The number of imidazole rings is 2. The van der Waals surface area contributed by atoms with Crippen LogP contribution in [0, 0.1) is 10.1 Å². The van der Waals surface area contributed by atoms with Gasteiger partial charge < -0.3 is 14.7 Å². The first-order valence-electron chi connectivity index (χ1n) is 8.97. The Morgan fingerprint density at radius 2 is 1.69 bits per heavy atom. The zero-order chi connectivity index (χ0) is 19.8. The van der Waals surface area contributed by atoms with Crippen molar-refractivity contribution < 1.29 is 9.66 Å². The van der Waals surface area contributed by atoms with Crippen LogP contribution in [-0.4, -0.2) is 24.9 Å². The van der Waals surface area contributed by atoms with E-state index in [2.05, 4.69) is 19.9 Å². The van der Waals surface area contributed by atoms with Crippen LogP contribution in [0.2, 0.25) is 0 Å². The van der Waals surface area contributed by atoms with Crippen molar-refractivity contribution in [1.82, 2.24) is 19.9 Å². The number of nitrogens with zero attached hydrogens (tertiary/aromatic N) is 3. The van der Waals surface area contributed by atoms with Gasteiger partial charge in [0.2, 0.25) is 0 Å². The van der Waals surface area contributed by atoms with E-state index in [1.54, 1.807) is 6.07 Å². The Balaban J connectivity index is 1.33. The predicted octanol–water partition coefficient (Wildman–Crippen LogP) is 4.59. The smallest absolute Gasteiger partial charge is 0.271 e. The number of nitrogens with one attached hydrogen (secondary N) is 2. The summed E-state index contributed by atoms with van der Waals surface area (Å²) in [5, 5.41) is 10.9. The summed E-state index contributed by atoms with van der Waals surface area (Å²) in [7, 11) is 0. The maximum absolute atomic E-state index is 10.9. The maximum atomic E-state index is 10.9. The van der Waals surface area contributed by atoms with Gasteiger partial charge in [0, 0.05) is 17.7 Å². The largest absolute Gasteiger partial charge is 0.486 e. The number of benzene rings is 3. The molecule has 0 aliphatic heterocycles. The molecule has 0 bridgehead atoms. The van der Waals surface area contributed by atoms with E-state index >= 15 is 0 Å². The van der Waals surface area contributed by atoms with E-state index in [0.717, 1.165) is 22.4 Å². The molecule has 0 aliphatic carbocycles. The lowest BCUT2D eigenvalue weighted by Gasteiger charge is -2.04. The van der Waals surface area contributed by atoms with E-state index in [1.807, 2.05) is 48.5 Å². The summed E-state index contributed by atoms with van der Waals surface area (Å²) >= 11 is 0. The molecule has 5 aromatic rings. The fraction of sp³-hybridized carbons (Fsp3) is 0.0476. The molecule has 29 heavy (non-hydrogen) atoms. The molecule has 2 heterocycles. The van der Waals surface area contributed by atoms with E-state index in [0.29, 0.717) is 29.2 Å². The van der Waals surface area contributed by atoms with Gasteiger partial charge in [-0.25, -0.2) is 9.97 Å². The normalized spacial score (nSPS) is 11.2. The highest BCUT2D eigenvalue weighted by molar-refractivity contribution is 5.81. The van der Waals surface area contributed by atoms with Crippen molar-refractivity contribution in [3.63, 3.8) is 0 Å². The van der Waals surface area contributed by atoms with E-state index < -0.39 is 4.92 Å². The molecule has 0 aliphatic rings. The zero-order valence-electron chi connectivity index (χ0n) is 15.1. The Morgan fingerprint density at radius 3 is 2.48 bits per heavy atom. The summed E-state index contributed by atoms with van der Waals surface area (Å²) in [6.45, 7) is 0.336. The highest BCUT2D eigenvalue weighted by atomic mass is 16.6. The summed E-state index contributed by atoms with van der Waals surface area (Å²) in [6.07, 6.45) is 0. The SMILES string of the molecule is O=[N+]([O-])c1ccc2nc(-c3ccc(OCc4nc5ccccc5[nH]4)cc3)[nH]c2c1.